The van der Waals surface area contributed by atoms with Crippen molar-refractivity contribution in [1.29, 1.82) is 0 Å². The lowest BCUT2D eigenvalue weighted by molar-refractivity contribution is 0.249. The number of halogens is 1. The van der Waals surface area contributed by atoms with E-state index in [0.717, 1.165) is 35.7 Å². The standard InChI is InChI=1S/C16H23ClN2/c1-2-19-16(9-13-5-6-18-10-15(13)17)14-8-11-3-4-12(14)7-11/h5-6,10-12,14,16,19H,2-4,7-9H2,1H3. The molecule has 2 aliphatic carbocycles. The average Bonchev–Trinajstić information content (AvgIpc) is 3.03. The zero-order chi connectivity index (χ0) is 13.2. The van der Waals surface area contributed by atoms with E-state index in [4.69, 9.17) is 11.6 Å². The minimum absolute atomic E-state index is 0.584. The molecule has 4 atom stereocenters. The molecule has 2 aliphatic rings. The summed E-state index contributed by atoms with van der Waals surface area (Å²) in [5.41, 5.74) is 1.24. The Hall–Kier alpha value is -0.600. The van der Waals surface area contributed by atoms with Gasteiger partial charge in [0.05, 0.1) is 5.02 Å². The highest BCUT2D eigenvalue weighted by molar-refractivity contribution is 6.31. The molecular weight excluding hydrogens is 256 g/mol. The van der Waals surface area contributed by atoms with Crippen molar-refractivity contribution in [3.8, 4) is 0 Å². The first-order valence-corrected chi connectivity index (χ1v) is 7.97. The zero-order valence-electron chi connectivity index (χ0n) is 11.6. The topological polar surface area (TPSA) is 24.9 Å². The van der Waals surface area contributed by atoms with Gasteiger partial charge >= 0.3 is 0 Å². The summed E-state index contributed by atoms with van der Waals surface area (Å²) in [7, 11) is 0. The summed E-state index contributed by atoms with van der Waals surface area (Å²) in [4.78, 5) is 4.08. The quantitative estimate of drug-likeness (QED) is 0.888. The molecule has 0 aromatic carbocycles. The van der Waals surface area contributed by atoms with E-state index in [2.05, 4.69) is 23.3 Å². The molecule has 3 rings (SSSR count). The normalized spacial score (nSPS) is 30.7. The molecule has 1 N–H and O–H groups in total. The Morgan fingerprint density at radius 3 is 2.95 bits per heavy atom. The van der Waals surface area contributed by atoms with E-state index in [0.29, 0.717) is 6.04 Å². The fourth-order valence-electron chi connectivity index (χ4n) is 4.23. The van der Waals surface area contributed by atoms with Crippen molar-refractivity contribution >= 4 is 11.6 Å². The molecule has 19 heavy (non-hydrogen) atoms. The Balaban J connectivity index is 1.73. The second-order valence-electron chi connectivity index (χ2n) is 6.17. The molecule has 2 bridgehead atoms. The molecule has 2 nitrogen and oxygen atoms in total. The number of hydrogen-bond acceptors (Lipinski definition) is 2. The Morgan fingerprint density at radius 1 is 1.42 bits per heavy atom. The molecule has 4 unspecified atom stereocenters. The summed E-state index contributed by atoms with van der Waals surface area (Å²) in [6, 6.07) is 2.65. The predicted molar refractivity (Wildman–Crippen MR) is 79.4 cm³/mol. The second-order valence-corrected chi connectivity index (χ2v) is 6.58. The highest BCUT2D eigenvalue weighted by atomic mass is 35.5. The van der Waals surface area contributed by atoms with Gasteiger partial charge in [0.2, 0.25) is 0 Å². The van der Waals surface area contributed by atoms with Crippen LogP contribution >= 0.6 is 11.6 Å². The first-order valence-electron chi connectivity index (χ1n) is 7.59. The average molecular weight is 279 g/mol. The molecule has 2 fully saturated rings. The van der Waals surface area contributed by atoms with Crippen molar-refractivity contribution in [3.63, 3.8) is 0 Å². The summed E-state index contributed by atoms with van der Waals surface area (Å²) in [6.45, 7) is 3.25. The monoisotopic (exact) mass is 278 g/mol. The molecule has 1 aromatic rings. The van der Waals surface area contributed by atoms with E-state index in [-0.39, 0.29) is 0 Å². The maximum absolute atomic E-state index is 6.26. The predicted octanol–water partition coefficient (Wildman–Crippen LogP) is 3.69. The number of nitrogens with one attached hydrogen (secondary N) is 1. The fraction of sp³-hybridized carbons (Fsp3) is 0.688. The van der Waals surface area contributed by atoms with Gasteiger partial charge in [0.25, 0.3) is 0 Å². The minimum atomic E-state index is 0.584. The maximum atomic E-state index is 6.26. The van der Waals surface area contributed by atoms with Crippen molar-refractivity contribution in [2.24, 2.45) is 17.8 Å². The van der Waals surface area contributed by atoms with Crippen molar-refractivity contribution in [1.82, 2.24) is 10.3 Å². The Labute approximate surface area is 121 Å². The van der Waals surface area contributed by atoms with Crippen LogP contribution in [0.3, 0.4) is 0 Å². The van der Waals surface area contributed by atoms with Crippen LogP contribution in [0.4, 0.5) is 0 Å². The second kappa shape index (κ2) is 5.80. The fourth-order valence-corrected chi connectivity index (χ4v) is 4.43. The zero-order valence-corrected chi connectivity index (χ0v) is 12.4. The van der Waals surface area contributed by atoms with Crippen molar-refractivity contribution < 1.29 is 0 Å². The molecule has 0 radical (unpaired) electrons. The van der Waals surface area contributed by atoms with E-state index < -0.39 is 0 Å². The first-order chi connectivity index (χ1) is 9.28. The Bertz CT molecular complexity index is 435. The summed E-state index contributed by atoms with van der Waals surface area (Å²) in [6.07, 6.45) is 10.5. The third-order valence-electron chi connectivity index (χ3n) is 5.07. The lowest BCUT2D eigenvalue weighted by atomic mass is 9.81. The SMILES string of the molecule is CCNC(Cc1ccncc1Cl)C1CC2CCC1C2. The molecule has 1 heterocycles. The molecule has 104 valence electrons. The van der Waals surface area contributed by atoms with Crippen molar-refractivity contribution in [3.05, 3.63) is 29.0 Å². The van der Waals surface area contributed by atoms with Gasteiger partial charge in [0.15, 0.2) is 0 Å². The molecule has 3 heteroatoms. The van der Waals surface area contributed by atoms with Crippen LogP contribution in [0.1, 0.15) is 38.2 Å². The number of aromatic nitrogens is 1. The highest BCUT2D eigenvalue weighted by Gasteiger charge is 2.42. The number of likely N-dealkylation sites (N-methyl/N-ethyl adjacent to an activating group) is 1. The van der Waals surface area contributed by atoms with Gasteiger partial charge in [-0.15, -0.1) is 0 Å². The Morgan fingerprint density at radius 2 is 2.32 bits per heavy atom. The first kappa shape index (κ1) is 13.4. The molecule has 2 saturated carbocycles. The van der Waals surface area contributed by atoms with Gasteiger partial charge in [0.1, 0.15) is 0 Å². The van der Waals surface area contributed by atoms with Crippen LogP contribution in [0.2, 0.25) is 5.02 Å². The van der Waals surface area contributed by atoms with Gasteiger partial charge in [-0.25, -0.2) is 0 Å². The van der Waals surface area contributed by atoms with E-state index >= 15 is 0 Å². The largest absolute Gasteiger partial charge is 0.314 e. The third kappa shape index (κ3) is 2.80. The van der Waals surface area contributed by atoms with Crippen molar-refractivity contribution in [2.75, 3.05) is 6.54 Å². The third-order valence-corrected chi connectivity index (χ3v) is 5.41. The number of nitrogens with zero attached hydrogens (tertiary/aromatic N) is 1. The van der Waals surface area contributed by atoms with Crippen LogP contribution in [0.5, 0.6) is 0 Å². The number of pyridine rings is 1. The van der Waals surface area contributed by atoms with Crippen LogP contribution in [-0.4, -0.2) is 17.6 Å². The number of hydrogen-bond donors (Lipinski definition) is 1. The lowest BCUT2D eigenvalue weighted by Gasteiger charge is -2.31. The molecule has 0 saturated heterocycles. The number of fused-ring (bicyclic) bond motifs is 2. The van der Waals surface area contributed by atoms with Gasteiger partial charge in [0, 0.05) is 18.4 Å². The van der Waals surface area contributed by atoms with Crippen LogP contribution in [0, 0.1) is 17.8 Å². The molecule has 0 spiro atoms. The molecule has 1 aromatic heterocycles. The van der Waals surface area contributed by atoms with Gasteiger partial charge in [-0.05, 0) is 61.6 Å². The minimum Gasteiger partial charge on any atom is -0.314 e. The van der Waals surface area contributed by atoms with Gasteiger partial charge < -0.3 is 5.32 Å². The van der Waals surface area contributed by atoms with Crippen LogP contribution < -0.4 is 5.32 Å². The smallest absolute Gasteiger partial charge is 0.0621 e. The van der Waals surface area contributed by atoms with E-state index in [1.54, 1.807) is 6.20 Å². The van der Waals surface area contributed by atoms with Gasteiger partial charge in [-0.3, -0.25) is 4.98 Å². The summed E-state index contributed by atoms with van der Waals surface area (Å²) in [5.74, 6) is 2.81. The highest BCUT2D eigenvalue weighted by Crippen LogP contribution is 2.50. The van der Waals surface area contributed by atoms with E-state index in [1.165, 1.54) is 31.2 Å². The van der Waals surface area contributed by atoms with E-state index in [1.807, 2.05) is 6.20 Å². The van der Waals surface area contributed by atoms with E-state index in [9.17, 15) is 0 Å². The lowest BCUT2D eigenvalue weighted by Crippen LogP contribution is -2.40. The van der Waals surface area contributed by atoms with Crippen LogP contribution in [0.25, 0.3) is 0 Å². The van der Waals surface area contributed by atoms with Crippen LogP contribution in [0.15, 0.2) is 18.5 Å². The maximum Gasteiger partial charge on any atom is 0.0621 e. The Kier molecular flexibility index (Phi) is 4.09. The van der Waals surface area contributed by atoms with Gasteiger partial charge in [-0.2, -0.15) is 0 Å². The summed E-state index contributed by atoms with van der Waals surface area (Å²) < 4.78 is 0. The van der Waals surface area contributed by atoms with Crippen LogP contribution in [-0.2, 0) is 6.42 Å². The van der Waals surface area contributed by atoms with Gasteiger partial charge in [-0.1, -0.05) is 24.9 Å². The summed E-state index contributed by atoms with van der Waals surface area (Å²) in [5, 5.41) is 4.52. The number of rotatable bonds is 5. The van der Waals surface area contributed by atoms with Crippen molar-refractivity contribution in [2.45, 2.75) is 45.1 Å². The molecular formula is C16H23ClN2. The molecule has 0 amide bonds. The molecule has 0 aliphatic heterocycles. The summed E-state index contributed by atoms with van der Waals surface area (Å²) >= 11 is 6.26.